The third-order valence-electron chi connectivity index (χ3n) is 2.86. The van der Waals surface area contributed by atoms with Crippen LogP contribution in [0.25, 0.3) is 0 Å². The van der Waals surface area contributed by atoms with Crippen molar-refractivity contribution in [1.29, 1.82) is 0 Å². The van der Waals surface area contributed by atoms with Crippen LogP contribution >= 0.6 is 11.3 Å². The zero-order valence-electron chi connectivity index (χ0n) is 10.0. The second kappa shape index (κ2) is 6.44. The second-order valence-corrected chi connectivity index (χ2v) is 5.15. The van der Waals surface area contributed by atoms with Crippen LogP contribution in [-0.4, -0.2) is 34.9 Å². The van der Waals surface area contributed by atoms with Gasteiger partial charge in [0, 0.05) is 36.0 Å². The number of aryl methyl sites for hydroxylation is 1. The summed E-state index contributed by atoms with van der Waals surface area (Å²) in [5.41, 5.74) is 0. The number of hydrogen-bond acceptors (Lipinski definition) is 6. The Balaban J connectivity index is 1.62. The highest BCUT2D eigenvalue weighted by molar-refractivity contribution is 7.09. The van der Waals surface area contributed by atoms with Crippen LogP contribution in [-0.2, 0) is 6.42 Å². The highest BCUT2D eigenvalue weighted by atomic mass is 32.1. The Labute approximate surface area is 109 Å². The summed E-state index contributed by atoms with van der Waals surface area (Å²) >= 11 is 1.67. The topological polar surface area (TPSA) is 80.4 Å². The van der Waals surface area contributed by atoms with Gasteiger partial charge in [0.05, 0.1) is 5.01 Å². The van der Waals surface area contributed by atoms with Crippen molar-refractivity contribution in [2.24, 2.45) is 4.99 Å². The average Bonchev–Trinajstić information content (AvgIpc) is 2.98. The zero-order chi connectivity index (χ0) is 12.8. The number of rotatable bonds is 6. The van der Waals surface area contributed by atoms with Gasteiger partial charge in [-0.15, -0.1) is 11.3 Å². The summed E-state index contributed by atoms with van der Waals surface area (Å²) in [6.07, 6.45) is 5.33. The first-order valence-corrected chi connectivity index (χ1v) is 6.95. The van der Waals surface area contributed by atoms with E-state index in [1.807, 2.05) is 11.6 Å². The minimum atomic E-state index is -0.621. The molecule has 98 valence electrons. The molecule has 0 fully saturated rings. The molecular formula is C11H16N4O2S. The van der Waals surface area contributed by atoms with Gasteiger partial charge in [-0.25, -0.2) is 4.98 Å². The molecule has 0 amide bonds. The maximum atomic E-state index is 10.7. The van der Waals surface area contributed by atoms with E-state index in [9.17, 15) is 10.1 Å². The summed E-state index contributed by atoms with van der Waals surface area (Å²) < 4.78 is 0. The smallest absolute Gasteiger partial charge is 0.270 e. The van der Waals surface area contributed by atoms with Crippen LogP contribution < -0.4 is 5.32 Å². The van der Waals surface area contributed by atoms with Crippen LogP contribution in [0, 0.1) is 10.1 Å². The molecule has 0 spiro atoms. The van der Waals surface area contributed by atoms with Crippen molar-refractivity contribution in [3.05, 3.63) is 26.7 Å². The number of nitro groups is 1. The van der Waals surface area contributed by atoms with Gasteiger partial charge in [-0.2, -0.15) is 0 Å². The molecule has 18 heavy (non-hydrogen) atoms. The number of amidine groups is 1. The van der Waals surface area contributed by atoms with Gasteiger partial charge in [0.15, 0.2) is 5.84 Å². The third-order valence-corrected chi connectivity index (χ3v) is 3.70. The van der Waals surface area contributed by atoms with Crippen molar-refractivity contribution in [2.75, 3.05) is 13.1 Å². The molecular weight excluding hydrogens is 252 g/mol. The summed E-state index contributed by atoms with van der Waals surface area (Å²) in [5.74, 6) is 0.550. The summed E-state index contributed by atoms with van der Waals surface area (Å²) in [7, 11) is 0. The van der Waals surface area contributed by atoms with Gasteiger partial charge in [0.2, 0.25) is 0 Å². The minimum absolute atomic E-state index is 0.256. The largest absolute Gasteiger partial charge is 0.368 e. The number of thiazole rings is 1. The van der Waals surface area contributed by atoms with Gasteiger partial charge in [-0.1, -0.05) is 0 Å². The van der Waals surface area contributed by atoms with Crippen LogP contribution in [0.4, 0.5) is 0 Å². The number of aliphatic imine (C=N–C) groups is 1. The fraction of sp³-hybridized carbons (Fsp3) is 0.636. The maximum Gasteiger partial charge on any atom is 0.270 e. The van der Waals surface area contributed by atoms with Crippen LogP contribution in [0.15, 0.2) is 16.6 Å². The van der Waals surface area contributed by atoms with E-state index in [0.717, 1.165) is 30.8 Å². The van der Waals surface area contributed by atoms with E-state index in [2.05, 4.69) is 15.3 Å². The molecule has 0 radical (unpaired) electrons. The third kappa shape index (κ3) is 3.49. The fourth-order valence-corrected chi connectivity index (χ4v) is 2.59. The van der Waals surface area contributed by atoms with E-state index in [1.54, 1.807) is 11.3 Å². The summed E-state index contributed by atoms with van der Waals surface area (Å²) in [6, 6.07) is -0.621. The Hall–Kier alpha value is -1.50. The lowest BCUT2D eigenvalue weighted by Gasteiger charge is -2.08. The lowest BCUT2D eigenvalue weighted by Crippen LogP contribution is -2.37. The van der Waals surface area contributed by atoms with Crippen molar-refractivity contribution in [1.82, 2.24) is 10.3 Å². The van der Waals surface area contributed by atoms with Crippen molar-refractivity contribution in [2.45, 2.75) is 31.7 Å². The molecule has 1 unspecified atom stereocenters. The van der Waals surface area contributed by atoms with Gasteiger partial charge >= 0.3 is 0 Å². The molecule has 0 aliphatic carbocycles. The second-order valence-electron chi connectivity index (χ2n) is 4.17. The lowest BCUT2D eigenvalue weighted by atomic mass is 10.2. The first-order chi connectivity index (χ1) is 8.77. The van der Waals surface area contributed by atoms with E-state index < -0.39 is 6.04 Å². The van der Waals surface area contributed by atoms with Crippen LogP contribution in [0.2, 0.25) is 0 Å². The van der Waals surface area contributed by atoms with E-state index in [4.69, 9.17) is 0 Å². The molecule has 0 bridgehead atoms. The number of unbranched alkanes of at least 4 members (excludes halogenated alkanes) is 1. The molecule has 2 rings (SSSR count). The quantitative estimate of drug-likeness (QED) is 0.481. The monoisotopic (exact) mass is 268 g/mol. The molecule has 1 aromatic rings. The molecule has 7 heteroatoms. The summed E-state index contributed by atoms with van der Waals surface area (Å²) in [5, 5.41) is 16.9. The lowest BCUT2D eigenvalue weighted by molar-refractivity contribution is -0.502. The van der Waals surface area contributed by atoms with Gasteiger partial charge < -0.3 is 5.32 Å². The molecule has 0 aromatic carbocycles. The molecule has 1 aromatic heterocycles. The molecule has 1 N–H and O–H groups in total. The van der Waals surface area contributed by atoms with Gasteiger partial charge in [-0.3, -0.25) is 15.1 Å². The van der Waals surface area contributed by atoms with Crippen molar-refractivity contribution in [3.63, 3.8) is 0 Å². The average molecular weight is 268 g/mol. The van der Waals surface area contributed by atoms with Crippen molar-refractivity contribution in [3.8, 4) is 0 Å². The van der Waals surface area contributed by atoms with E-state index >= 15 is 0 Å². The first-order valence-electron chi connectivity index (χ1n) is 6.07. The fourth-order valence-electron chi connectivity index (χ4n) is 1.92. The van der Waals surface area contributed by atoms with Crippen LogP contribution in [0.3, 0.4) is 0 Å². The van der Waals surface area contributed by atoms with E-state index in [1.165, 1.54) is 0 Å². The maximum absolute atomic E-state index is 10.7. The molecule has 0 saturated heterocycles. The van der Waals surface area contributed by atoms with Gasteiger partial charge in [-0.05, 0) is 19.3 Å². The molecule has 6 nitrogen and oxygen atoms in total. The molecule has 0 saturated carbocycles. The zero-order valence-corrected chi connectivity index (χ0v) is 10.9. The highest BCUT2D eigenvalue weighted by Crippen LogP contribution is 2.09. The van der Waals surface area contributed by atoms with Gasteiger partial charge in [0.1, 0.15) is 0 Å². The van der Waals surface area contributed by atoms with Crippen molar-refractivity contribution < 1.29 is 4.92 Å². The van der Waals surface area contributed by atoms with Gasteiger partial charge in [0.25, 0.3) is 6.04 Å². The van der Waals surface area contributed by atoms with E-state index in [-0.39, 0.29) is 4.92 Å². The predicted molar refractivity (Wildman–Crippen MR) is 70.8 cm³/mol. The molecule has 2 heterocycles. The van der Waals surface area contributed by atoms with Crippen molar-refractivity contribution >= 4 is 17.2 Å². The highest BCUT2D eigenvalue weighted by Gasteiger charge is 2.30. The molecule has 1 atom stereocenters. The number of nitrogens with one attached hydrogen (secondary N) is 1. The SMILES string of the molecule is O=[N+]([O-])C1CCN=C1NCCCCc1nccs1. The molecule has 1 aliphatic rings. The number of hydrogen-bond donors (Lipinski definition) is 1. The minimum Gasteiger partial charge on any atom is -0.368 e. The predicted octanol–water partition coefficient (Wildman–Crippen LogP) is 1.50. The first kappa shape index (κ1) is 12.9. The van der Waals surface area contributed by atoms with Crippen LogP contribution in [0.5, 0.6) is 0 Å². The normalized spacial score (nSPS) is 18.7. The Bertz CT molecular complexity index is 419. The van der Waals surface area contributed by atoms with E-state index in [0.29, 0.717) is 18.8 Å². The summed E-state index contributed by atoms with van der Waals surface area (Å²) in [6.45, 7) is 1.31. The van der Waals surface area contributed by atoms with Crippen LogP contribution in [0.1, 0.15) is 24.3 Å². The number of nitrogens with zero attached hydrogens (tertiary/aromatic N) is 3. The Morgan fingerprint density at radius 2 is 2.44 bits per heavy atom. The number of aromatic nitrogens is 1. The Morgan fingerprint density at radius 3 is 3.17 bits per heavy atom. The Morgan fingerprint density at radius 1 is 1.56 bits per heavy atom. The summed E-state index contributed by atoms with van der Waals surface area (Å²) in [4.78, 5) is 18.8. The standard InChI is InChI=1S/C11H16N4O2S/c16-15(17)9-4-6-14-11(9)13-5-2-1-3-10-12-7-8-18-10/h7-9H,1-6H2,(H,13,14). The molecule has 1 aliphatic heterocycles. The Kier molecular flexibility index (Phi) is 4.63.